The maximum Gasteiger partial charge on any atom is 0.228 e. The number of thioether (sulfide) groups is 1. The molecule has 0 aliphatic carbocycles. The van der Waals surface area contributed by atoms with Crippen LogP contribution in [0.4, 0.5) is 11.1 Å². The fraction of sp³-hybridized carbons (Fsp3) is 0.524. The molecular formula is C21H28N6O2S2. The molecule has 31 heavy (non-hydrogen) atoms. The van der Waals surface area contributed by atoms with Crippen LogP contribution in [0.25, 0.3) is 0 Å². The molecule has 166 valence electrons. The van der Waals surface area contributed by atoms with Gasteiger partial charge in [0.15, 0.2) is 10.3 Å². The summed E-state index contributed by atoms with van der Waals surface area (Å²) >= 11 is 3.08. The highest BCUT2D eigenvalue weighted by Crippen LogP contribution is 2.31. The van der Waals surface area contributed by atoms with E-state index in [0.717, 1.165) is 35.6 Å². The molecule has 4 rings (SSSR count). The molecule has 0 bridgehead atoms. The smallest absolute Gasteiger partial charge is 0.228 e. The monoisotopic (exact) mass is 460 g/mol. The summed E-state index contributed by atoms with van der Waals surface area (Å²) in [4.78, 5) is 20.1. The van der Waals surface area contributed by atoms with E-state index in [0.29, 0.717) is 29.3 Å². The molecule has 1 aliphatic rings. The second-order valence-corrected chi connectivity index (χ2v) is 10.1. The lowest BCUT2D eigenvalue weighted by Gasteiger charge is -2.35. The van der Waals surface area contributed by atoms with Crippen LogP contribution < -0.4 is 9.80 Å². The van der Waals surface area contributed by atoms with Crippen LogP contribution in [-0.4, -0.2) is 45.8 Å². The number of hydrogen-bond acceptors (Lipinski definition) is 8. The zero-order valence-corrected chi connectivity index (χ0v) is 19.9. The Labute approximate surface area is 190 Å². The second kappa shape index (κ2) is 9.44. The Morgan fingerprint density at radius 2 is 2.10 bits per heavy atom. The van der Waals surface area contributed by atoms with Crippen LogP contribution in [0.3, 0.4) is 0 Å². The minimum atomic E-state index is -0.0265. The SMILES string of the molecule is CC(=O)N(C)c1nc(CSc2nnc(N3CC(C)CC(C)C3)n2Cc2ccco2)cs1. The van der Waals surface area contributed by atoms with Gasteiger partial charge in [-0.25, -0.2) is 4.98 Å². The van der Waals surface area contributed by atoms with Gasteiger partial charge in [0.1, 0.15) is 5.76 Å². The Morgan fingerprint density at radius 3 is 2.77 bits per heavy atom. The molecule has 3 aromatic rings. The van der Waals surface area contributed by atoms with Crippen LogP contribution in [-0.2, 0) is 17.1 Å². The largest absolute Gasteiger partial charge is 0.467 e. The maximum absolute atomic E-state index is 11.6. The van der Waals surface area contributed by atoms with Crippen molar-refractivity contribution in [3.63, 3.8) is 0 Å². The van der Waals surface area contributed by atoms with Gasteiger partial charge >= 0.3 is 0 Å². The van der Waals surface area contributed by atoms with Crippen molar-refractivity contribution >= 4 is 40.1 Å². The van der Waals surface area contributed by atoms with E-state index in [2.05, 4.69) is 38.5 Å². The molecule has 3 aromatic heterocycles. The molecule has 0 radical (unpaired) electrons. The number of thiazole rings is 1. The molecule has 1 aliphatic heterocycles. The summed E-state index contributed by atoms with van der Waals surface area (Å²) in [6.45, 7) is 8.69. The van der Waals surface area contributed by atoms with E-state index in [1.54, 1.807) is 30.0 Å². The minimum absolute atomic E-state index is 0.0265. The third-order valence-electron chi connectivity index (χ3n) is 5.39. The van der Waals surface area contributed by atoms with Crippen LogP contribution in [0.5, 0.6) is 0 Å². The molecule has 10 heteroatoms. The van der Waals surface area contributed by atoms with Crippen molar-refractivity contribution in [2.24, 2.45) is 11.8 Å². The Morgan fingerprint density at radius 1 is 1.32 bits per heavy atom. The number of hydrogen-bond donors (Lipinski definition) is 0. The van der Waals surface area contributed by atoms with E-state index in [1.165, 1.54) is 24.7 Å². The highest BCUT2D eigenvalue weighted by atomic mass is 32.2. The van der Waals surface area contributed by atoms with Crippen molar-refractivity contribution in [3.8, 4) is 0 Å². The molecule has 1 amide bonds. The van der Waals surface area contributed by atoms with Crippen LogP contribution in [0, 0.1) is 11.8 Å². The molecular weight excluding hydrogens is 432 g/mol. The van der Waals surface area contributed by atoms with E-state index < -0.39 is 0 Å². The Balaban J connectivity index is 1.54. The number of nitrogens with zero attached hydrogens (tertiary/aromatic N) is 6. The van der Waals surface area contributed by atoms with E-state index in [4.69, 9.17) is 4.42 Å². The number of anilines is 2. The fourth-order valence-corrected chi connectivity index (χ4v) is 5.70. The molecule has 1 saturated heterocycles. The van der Waals surface area contributed by atoms with Gasteiger partial charge in [-0.3, -0.25) is 14.3 Å². The van der Waals surface area contributed by atoms with E-state index in [-0.39, 0.29) is 5.91 Å². The maximum atomic E-state index is 11.6. The second-order valence-electron chi connectivity index (χ2n) is 8.29. The third kappa shape index (κ3) is 5.12. The van der Waals surface area contributed by atoms with E-state index >= 15 is 0 Å². The number of piperidine rings is 1. The zero-order valence-electron chi connectivity index (χ0n) is 18.3. The van der Waals surface area contributed by atoms with Crippen molar-refractivity contribution < 1.29 is 9.21 Å². The molecule has 0 N–H and O–H groups in total. The molecule has 0 spiro atoms. The van der Waals surface area contributed by atoms with Crippen LogP contribution in [0.2, 0.25) is 0 Å². The number of amides is 1. The van der Waals surface area contributed by atoms with Gasteiger partial charge in [-0.05, 0) is 30.4 Å². The lowest BCUT2D eigenvalue weighted by atomic mass is 9.92. The standard InChI is InChI=1S/C21H28N6O2S2/c1-14-8-15(2)10-26(9-14)19-23-24-21(27(19)11-18-6-5-7-29-18)31-13-17-12-30-20(22-17)25(4)16(3)28/h5-7,12,14-15H,8-11,13H2,1-4H3. The first-order valence-corrected chi connectivity index (χ1v) is 12.3. The fourth-order valence-electron chi connectivity index (χ4n) is 3.93. The van der Waals surface area contributed by atoms with Crippen molar-refractivity contribution in [1.82, 2.24) is 19.7 Å². The van der Waals surface area contributed by atoms with E-state index in [1.807, 2.05) is 17.5 Å². The molecule has 1 fully saturated rings. The third-order valence-corrected chi connectivity index (χ3v) is 7.36. The van der Waals surface area contributed by atoms with Crippen LogP contribution in [0.1, 0.15) is 38.6 Å². The van der Waals surface area contributed by atoms with Crippen LogP contribution >= 0.6 is 23.1 Å². The molecule has 2 atom stereocenters. The van der Waals surface area contributed by atoms with Gasteiger partial charge in [0.25, 0.3) is 0 Å². The molecule has 8 nitrogen and oxygen atoms in total. The molecule has 4 heterocycles. The average molecular weight is 461 g/mol. The van der Waals surface area contributed by atoms with E-state index in [9.17, 15) is 4.79 Å². The van der Waals surface area contributed by atoms with Gasteiger partial charge in [0.2, 0.25) is 11.9 Å². The normalized spacial score (nSPS) is 19.0. The highest BCUT2D eigenvalue weighted by molar-refractivity contribution is 7.98. The summed E-state index contributed by atoms with van der Waals surface area (Å²) in [7, 11) is 1.74. The lowest BCUT2D eigenvalue weighted by Crippen LogP contribution is -2.40. The summed E-state index contributed by atoms with van der Waals surface area (Å²) in [6.07, 6.45) is 2.94. The summed E-state index contributed by atoms with van der Waals surface area (Å²) in [5.74, 6) is 3.65. The highest BCUT2D eigenvalue weighted by Gasteiger charge is 2.27. The number of aromatic nitrogens is 4. The average Bonchev–Trinajstić information content (AvgIpc) is 3.47. The Hall–Kier alpha value is -2.33. The number of rotatable bonds is 7. The first-order valence-electron chi connectivity index (χ1n) is 10.4. The van der Waals surface area contributed by atoms with Crippen molar-refractivity contribution in [2.75, 3.05) is 29.9 Å². The number of furan rings is 1. The van der Waals surface area contributed by atoms with Gasteiger partial charge in [0, 0.05) is 38.2 Å². The number of carbonyl (C=O) groups is 1. The van der Waals surface area contributed by atoms with Crippen molar-refractivity contribution in [2.45, 2.75) is 44.6 Å². The quantitative estimate of drug-likeness (QED) is 0.490. The lowest BCUT2D eigenvalue weighted by molar-refractivity contribution is -0.116. The first kappa shape index (κ1) is 21.9. The molecule has 2 unspecified atom stereocenters. The number of carbonyl (C=O) groups excluding carboxylic acids is 1. The van der Waals surface area contributed by atoms with Gasteiger partial charge in [-0.2, -0.15) is 0 Å². The Bertz CT molecular complexity index is 1010. The van der Waals surface area contributed by atoms with Gasteiger partial charge < -0.3 is 9.32 Å². The van der Waals surface area contributed by atoms with Gasteiger partial charge in [-0.15, -0.1) is 21.5 Å². The van der Waals surface area contributed by atoms with Gasteiger partial charge in [-0.1, -0.05) is 25.6 Å². The topological polar surface area (TPSA) is 80.3 Å². The Kier molecular flexibility index (Phi) is 6.66. The zero-order chi connectivity index (χ0) is 22.0. The van der Waals surface area contributed by atoms with Crippen molar-refractivity contribution in [3.05, 3.63) is 35.2 Å². The summed E-state index contributed by atoms with van der Waals surface area (Å²) < 4.78 is 7.75. The molecule has 0 aromatic carbocycles. The predicted octanol–water partition coefficient (Wildman–Crippen LogP) is 4.13. The van der Waals surface area contributed by atoms with Gasteiger partial charge in [0.05, 0.1) is 18.5 Å². The predicted molar refractivity (Wildman–Crippen MR) is 124 cm³/mol. The first-order chi connectivity index (χ1) is 14.9. The minimum Gasteiger partial charge on any atom is -0.467 e. The summed E-state index contributed by atoms with van der Waals surface area (Å²) in [5.41, 5.74) is 0.924. The molecule has 0 saturated carbocycles. The van der Waals surface area contributed by atoms with Crippen LogP contribution in [0.15, 0.2) is 33.3 Å². The summed E-state index contributed by atoms with van der Waals surface area (Å²) in [6, 6.07) is 3.88. The summed E-state index contributed by atoms with van der Waals surface area (Å²) in [5, 5.41) is 12.6. The van der Waals surface area contributed by atoms with Crippen molar-refractivity contribution in [1.29, 1.82) is 0 Å².